The average Bonchev–Trinajstić information content (AvgIpc) is 1.61. The summed E-state index contributed by atoms with van der Waals surface area (Å²) < 4.78 is 4.72. The largest absolute Gasteiger partial charge is 0.370 e. The molecular weight excluding hydrogens is 98.1 g/mol. The van der Waals surface area contributed by atoms with Crippen molar-refractivity contribution < 1.29 is 4.74 Å². The molecule has 0 aromatic heterocycles. The van der Waals surface area contributed by atoms with E-state index < -0.39 is 0 Å². The van der Waals surface area contributed by atoms with Crippen molar-refractivity contribution in [3.8, 4) is 0 Å². The molecule has 0 rings (SSSR count). The van der Waals surface area contributed by atoms with Gasteiger partial charge < -0.3 is 10.5 Å². The molecule has 0 aliphatic heterocycles. The standard InChI is InChI=1S/C3H9NOS/c4-1-2-5-3-6/h6H,1-4H2. The zero-order chi connectivity index (χ0) is 4.83. The van der Waals surface area contributed by atoms with E-state index in [1.165, 1.54) is 0 Å². The third-order valence-corrected chi connectivity index (χ3v) is 0.536. The third-order valence-electron chi connectivity index (χ3n) is 0.353. The van der Waals surface area contributed by atoms with Crippen molar-refractivity contribution in [2.75, 3.05) is 19.1 Å². The van der Waals surface area contributed by atoms with Gasteiger partial charge in [0.1, 0.15) is 0 Å². The quantitative estimate of drug-likeness (QED) is 0.299. The minimum Gasteiger partial charge on any atom is -0.370 e. The molecule has 0 atom stereocenters. The van der Waals surface area contributed by atoms with E-state index in [1.54, 1.807) is 0 Å². The lowest BCUT2D eigenvalue weighted by molar-refractivity contribution is 0.192. The van der Waals surface area contributed by atoms with Gasteiger partial charge in [-0.05, 0) is 0 Å². The van der Waals surface area contributed by atoms with Gasteiger partial charge in [0.25, 0.3) is 0 Å². The van der Waals surface area contributed by atoms with E-state index in [4.69, 9.17) is 10.5 Å². The maximum atomic E-state index is 5.06. The number of hydrogen-bond donors (Lipinski definition) is 2. The van der Waals surface area contributed by atoms with Crippen LogP contribution in [0.25, 0.3) is 0 Å². The number of ether oxygens (including phenoxy) is 1. The van der Waals surface area contributed by atoms with Gasteiger partial charge in [0.15, 0.2) is 0 Å². The number of rotatable bonds is 3. The van der Waals surface area contributed by atoms with Crippen molar-refractivity contribution in [1.29, 1.82) is 0 Å². The van der Waals surface area contributed by atoms with E-state index >= 15 is 0 Å². The molecular formula is C3H9NOS. The van der Waals surface area contributed by atoms with Crippen molar-refractivity contribution in [3.63, 3.8) is 0 Å². The molecule has 0 radical (unpaired) electrons. The zero-order valence-corrected chi connectivity index (χ0v) is 4.45. The summed E-state index contributed by atoms with van der Waals surface area (Å²) in [6.07, 6.45) is 0. The molecule has 2 nitrogen and oxygen atoms in total. The second kappa shape index (κ2) is 5.27. The lowest BCUT2D eigenvalue weighted by atomic mass is 10.7. The number of nitrogens with two attached hydrogens (primary N) is 1. The van der Waals surface area contributed by atoms with E-state index in [9.17, 15) is 0 Å². The Balaban J connectivity index is 2.34. The van der Waals surface area contributed by atoms with Gasteiger partial charge in [-0.15, -0.1) is 0 Å². The molecule has 0 saturated heterocycles. The molecule has 0 bridgehead atoms. The van der Waals surface area contributed by atoms with Crippen LogP contribution >= 0.6 is 12.6 Å². The van der Waals surface area contributed by atoms with Gasteiger partial charge in [-0.1, -0.05) is 0 Å². The van der Waals surface area contributed by atoms with Gasteiger partial charge in [-0.2, -0.15) is 12.6 Å². The summed E-state index contributed by atoms with van der Waals surface area (Å²) in [5.41, 5.74) is 5.06. The molecule has 38 valence electrons. The average molecular weight is 107 g/mol. The Kier molecular flexibility index (Phi) is 5.51. The van der Waals surface area contributed by atoms with Crippen molar-refractivity contribution in [1.82, 2.24) is 0 Å². The molecule has 0 aromatic rings. The topological polar surface area (TPSA) is 35.2 Å². The minimum atomic E-state index is 0.469. The van der Waals surface area contributed by atoms with Gasteiger partial charge in [0.2, 0.25) is 0 Å². The summed E-state index contributed by atoms with van der Waals surface area (Å²) in [5.74, 6) is 0.469. The van der Waals surface area contributed by atoms with Gasteiger partial charge in [0, 0.05) is 6.54 Å². The first-order valence-corrected chi connectivity index (χ1v) is 2.43. The van der Waals surface area contributed by atoms with Crippen LogP contribution in [0.3, 0.4) is 0 Å². The molecule has 0 spiro atoms. The molecule has 3 heteroatoms. The van der Waals surface area contributed by atoms with Crippen LogP contribution in [0.5, 0.6) is 0 Å². The molecule has 0 unspecified atom stereocenters. The monoisotopic (exact) mass is 107 g/mol. The van der Waals surface area contributed by atoms with E-state index in [0.717, 1.165) is 0 Å². The molecule has 0 heterocycles. The van der Waals surface area contributed by atoms with Gasteiger partial charge in [-0.3, -0.25) is 0 Å². The summed E-state index contributed by atoms with van der Waals surface area (Å²) in [7, 11) is 0. The molecule has 0 aromatic carbocycles. The lowest BCUT2D eigenvalue weighted by Gasteiger charge is -1.91. The fourth-order valence-electron chi connectivity index (χ4n) is 0.148. The van der Waals surface area contributed by atoms with E-state index in [1.807, 2.05) is 0 Å². The summed E-state index contributed by atoms with van der Waals surface area (Å²) in [4.78, 5) is 0. The third kappa shape index (κ3) is 4.27. The van der Waals surface area contributed by atoms with Crippen molar-refractivity contribution in [2.24, 2.45) is 5.73 Å². The highest BCUT2D eigenvalue weighted by Crippen LogP contribution is 1.72. The molecule has 0 aliphatic carbocycles. The number of hydrogen-bond acceptors (Lipinski definition) is 3. The smallest absolute Gasteiger partial charge is 0.0893 e. The Morgan fingerprint density at radius 3 is 2.50 bits per heavy atom. The minimum absolute atomic E-state index is 0.469. The Hall–Kier alpha value is 0.270. The second-order valence-electron chi connectivity index (χ2n) is 0.826. The highest BCUT2D eigenvalue weighted by molar-refractivity contribution is 7.80. The fraction of sp³-hybridized carbons (Fsp3) is 1.00. The van der Waals surface area contributed by atoms with Gasteiger partial charge in [0.05, 0.1) is 12.5 Å². The first kappa shape index (κ1) is 6.27. The van der Waals surface area contributed by atoms with Crippen LogP contribution in [0, 0.1) is 0 Å². The first-order chi connectivity index (χ1) is 2.91. The fourth-order valence-corrected chi connectivity index (χ4v) is 0.277. The van der Waals surface area contributed by atoms with E-state index in [2.05, 4.69) is 12.6 Å². The van der Waals surface area contributed by atoms with Gasteiger partial charge >= 0.3 is 0 Å². The Labute approximate surface area is 43.1 Å². The highest BCUT2D eigenvalue weighted by Gasteiger charge is 1.73. The molecule has 0 saturated carbocycles. The van der Waals surface area contributed by atoms with E-state index in [-0.39, 0.29) is 0 Å². The van der Waals surface area contributed by atoms with Crippen LogP contribution in [-0.4, -0.2) is 19.1 Å². The first-order valence-electron chi connectivity index (χ1n) is 1.80. The Morgan fingerprint density at radius 2 is 2.33 bits per heavy atom. The van der Waals surface area contributed by atoms with Crippen molar-refractivity contribution in [3.05, 3.63) is 0 Å². The van der Waals surface area contributed by atoms with Crippen molar-refractivity contribution >= 4 is 12.6 Å². The SMILES string of the molecule is NCCOCS. The molecule has 0 amide bonds. The predicted octanol–water partition coefficient (Wildman–Crippen LogP) is -0.151. The second-order valence-corrected chi connectivity index (χ2v) is 1.08. The molecule has 2 N–H and O–H groups in total. The molecule has 0 fully saturated rings. The van der Waals surface area contributed by atoms with Crippen LogP contribution < -0.4 is 5.73 Å². The Morgan fingerprint density at radius 1 is 1.67 bits per heavy atom. The van der Waals surface area contributed by atoms with Crippen LogP contribution in [0.4, 0.5) is 0 Å². The predicted molar refractivity (Wildman–Crippen MR) is 28.9 cm³/mol. The maximum Gasteiger partial charge on any atom is 0.0893 e. The summed E-state index contributed by atoms with van der Waals surface area (Å²) in [5, 5.41) is 0. The molecule has 6 heavy (non-hydrogen) atoms. The van der Waals surface area contributed by atoms with Gasteiger partial charge in [-0.25, -0.2) is 0 Å². The summed E-state index contributed by atoms with van der Waals surface area (Å²) >= 11 is 3.78. The Bertz CT molecular complexity index is 22.8. The summed E-state index contributed by atoms with van der Waals surface area (Å²) in [6.45, 7) is 1.20. The summed E-state index contributed by atoms with van der Waals surface area (Å²) in [6, 6.07) is 0. The van der Waals surface area contributed by atoms with E-state index in [0.29, 0.717) is 19.1 Å². The zero-order valence-electron chi connectivity index (χ0n) is 3.55. The van der Waals surface area contributed by atoms with Crippen LogP contribution in [0.1, 0.15) is 0 Å². The highest BCUT2D eigenvalue weighted by atomic mass is 32.1. The lowest BCUT2D eigenvalue weighted by Crippen LogP contribution is -2.06. The van der Waals surface area contributed by atoms with Crippen molar-refractivity contribution in [2.45, 2.75) is 0 Å². The normalized spacial score (nSPS) is 9.00. The molecule has 0 aliphatic rings. The van der Waals surface area contributed by atoms with Crippen LogP contribution in [-0.2, 0) is 4.74 Å². The number of thiol groups is 1. The maximum absolute atomic E-state index is 5.06. The van der Waals surface area contributed by atoms with Crippen LogP contribution in [0.2, 0.25) is 0 Å². The van der Waals surface area contributed by atoms with Crippen LogP contribution in [0.15, 0.2) is 0 Å².